The number of hydrogen-bond donors (Lipinski definition) is 0. The van der Waals surface area contributed by atoms with E-state index in [9.17, 15) is 0 Å². The van der Waals surface area contributed by atoms with Crippen LogP contribution >= 0.6 is 11.6 Å². The van der Waals surface area contributed by atoms with Gasteiger partial charge in [-0.05, 0) is 81.2 Å². The number of rotatable bonds is 12. The first-order valence-electron chi connectivity index (χ1n) is 39.1. The number of nitrogens with zero attached hydrogens (tertiary/aromatic N) is 12. The van der Waals surface area contributed by atoms with Gasteiger partial charge in [0.2, 0.25) is 5.28 Å². The quantitative estimate of drug-likeness (QED) is 0.0835. The SMILES string of the molecule is C.CC1(C)OB(c2ccc(-c3nc4ccccc4c4c3ccc3nc(-c5ccccc5)c(-c5ccccc5)nc34)cc2)OC1(C)C.Clc1nc(-c2ccccc2)nc(-c2ccccc2)n1.c1ccc(-c2nc(-c3ccccc3)nc(-c3ccc(-c4nc5ccccc5c5c4ccc4nc(-c6ccccc6)c(-c6ccccc6)nc45)cc3)n2)cc1. The Morgan fingerprint density at radius 1 is 0.218 bits per heavy atom. The van der Waals surface area contributed by atoms with Gasteiger partial charge >= 0.3 is 7.12 Å². The first kappa shape index (κ1) is 75.7. The average molecular weight is 1560 g/mol. The van der Waals surface area contributed by atoms with Crippen LogP contribution in [0.1, 0.15) is 35.1 Å². The van der Waals surface area contributed by atoms with Gasteiger partial charge in [0.1, 0.15) is 0 Å². The molecule has 0 bridgehead atoms. The van der Waals surface area contributed by atoms with E-state index in [1.54, 1.807) is 0 Å². The molecule has 1 saturated heterocycles. The Bertz CT molecular complexity index is 6970. The molecule has 20 aromatic rings. The van der Waals surface area contributed by atoms with E-state index in [-0.39, 0.29) is 12.7 Å². The minimum absolute atomic E-state index is 0. The number of fused-ring (bicyclic) bond motifs is 10. The van der Waals surface area contributed by atoms with E-state index in [4.69, 9.17) is 65.8 Å². The lowest BCUT2D eigenvalue weighted by Gasteiger charge is -2.32. The molecule has 1 fully saturated rings. The van der Waals surface area contributed by atoms with E-state index in [1.165, 1.54) is 0 Å². The van der Waals surface area contributed by atoms with Gasteiger partial charge in [0, 0.05) is 93.5 Å². The van der Waals surface area contributed by atoms with E-state index < -0.39 is 18.3 Å². The minimum atomic E-state index is -0.417. The van der Waals surface area contributed by atoms with Gasteiger partial charge in [-0.1, -0.05) is 335 Å². The minimum Gasteiger partial charge on any atom is -0.399 e. The summed E-state index contributed by atoms with van der Waals surface area (Å²) < 4.78 is 12.6. The van der Waals surface area contributed by atoms with Gasteiger partial charge in [0.25, 0.3) is 0 Å². The van der Waals surface area contributed by atoms with Crippen molar-refractivity contribution in [2.45, 2.75) is 46.3 Å². The van der Waals surface area contributed by atoms with Crippen LogP contribution < -0.4 is 5.46 Å². The predicted molar refractivity (Wildman–Crippen MR) is 485 cm³/mol. The van der Waals surface area contributed by atoms with Crippen LogP contribution in [0, 0.1) is 0 Å². The summed E-state index contributed by atoms with van der Waals surface area (Å²) in [7, 11) is -0.417. The number of benzene rings is 14. The molecule has 0 amide bonds. The highest BCUT2D eigenvalue weighted by atomic mass is 35.5. The number of para-hydroxylation sites is 2. The molecule has 119 heavy (non-hydrogen) atoms. The molecule has 0 aliphatic carbocycles. The molecular weight excluding hydrogens is 1480 g/mol. The van der Waals surface area contributed by atoms with E-state index in [1.807, 2.05) is 206 Å². The average Bonchev–Trinajstić information content (AvgIpc) is 1.71. The predicted octanol–water partition coefficient (Wildman–Crippen LogP) is 24.6. The van der Waals surface area contributed by atoms with Crippen molar-refractivity contribution in [2.75, 3.05) is 0 Å². The molecule has 14 nitrogen and oxygen atoms in total. The largest absolute Gasteiger partial charge is 0.494 e. The molecular formula is C103H76BClN12O2. The van der Waals surface area contributed by atoms with E-state index >= 15 is 0 Å². The topological polar surface area (TPSA) is 173 Å². The first-order valence-corrected chi connectivity index (χ1v) is 39.5. The number of aromatic nitrogens is 12. The summed E-state index contributed by atoms with van der Waals surface area (Å²) in [6, 6.07) is 122. The van der Waals surface area contributed by atoms with Crippen molar-refractivity contribution in [2.24, 2.45) is 0 Å². The van der Waals surface area contributed by atoms with E-state index in [2.05, 4.69) is 200 Å². The molecule has 0 N–H and O–H groups in total. The van der Waals surface area contributed by atoms with Gasteiger partial charge in [0.15, 0.2) is 29.1 Å². The Morgan fingerprint density at radius 2 is 0.462 bits per heavy atom. The van der Waals surface area contributed by atoms with Crippen LogP contribution in [-0.4, -0.2) is 78.1 Å². The van der Waals surface area contributed by atoms with E-state index in [0.717, 1.165) is 166 Å². The maximum atomic E-state index is 6.31. The highest BCUT2D eigenvalue weighted by Crippen LogP contribution is 2.43. The van der Waals surface area contributed by atoms with Crippen molar-refractivity contribution in [3.05, 3.63) is 369 Å². The molecule has 21 rings (SSSR count). The molecule has 0 spiro atoms. The summed E-state index contributed by atoms with van der Waals surface area (Å²) >= 11 is 5.99. The van der Waals surface area contributed by atoms with E-state index in [0.29, 0.717) is 29.1 Å². The standard InChI is InChI=1S/C48H30N6.C39H32BN3O2.C15H10ClN3.CH4/c1-5-15-31(16-6-1)43-44(32-17-7-2-8-18-32)51-45-40(50-43)30-29-38-41(45)37-23-13-14-24-39(37)49-42(38)33-25-27-36(28-26-33)48-53-46(34-19-9-3-10-20-34)52-47(54-48)35-21-11-4-12-22-35;1-38(2)39(3,4)45-40(44-38)28-21-19-27(20-22-28)34-30-23-24-32-37(33(30)29-17-11-12-18-31(29)41-34)43-36(26-15-9-6-10-16-26)35(42-32)25-13-7-5-8-14-25;16-15-18-13(11-7-3-1-4-8-11)17-14(19-15)12-9-5-2-6-10-12;/h1-30H;5-24H,1-4H3;1-10H;1H4. The summed E-state index contributed by atoms with van der Waals surface area (Å²) in [5.74, 6) is 3.03. The molecule has 0 saturated carbocycles. The van der Waals surface area contributed by atoms with Gasteiger partial charge in [-0.2, -0.15) is 9.97 Å². The van der Waals surface area contributed by atoms with Gasteiger partial charge < -0.3 is 9.31 Å². The molecule has 7 heterocycles. The third-order valence-electron chi connectivity index (χ3n) is 21.7. The highest BCUT2D eigenvalue weighted by molar-refractivity contribution is 6.62. The summed E-state index contributed by atoms with van der Waals surface area (Å²) in [5.41, 5.74) is 21.3. The van der Waals surface area contributed by atoms with Crippen LogP contribution in [0.15, 0.2) is 364 Å². The van der Waals surface area contributed by atoms with Gasteiger partial charge in [-0.25, -0.2) is 49.8 Å². The molecule has 6 aromatic heterocycles. The smallest absolute Gasteiger partial charge is 0.399 e. The van der Waals surface area contributed by atoms with Crippen molar-refractivity contribution in [1.82, 2.24) is 59.8 Å². The van der Waals surface area contributed by atoms with Gasteiger partial charge in [-0.15, -0.1) is 0 Å². The fraction of sp³-hybridized carbons (Fsp3) is 0.0680. The maximum absolute atomic E-state index is 6.31. The van der Waals surface area contributed by atoms with Crippen LogP contribution in [0.3, 0.4) is 0 Å². The zero-order valence-electron chi connectivity index (χ0n) is 64.8. The Hall–Kier alpha value is -14.6. The third-order valence-corrected chi connectivity index (χ3v) is 21.9. The van der Waals surface area contributed by atoms with Crippen LogP contribution in [0.2, 0.25) is 5.28 Å². The zero-order chi connectivity index (χ0) is 79.7. The van der Waals surface area contributed by atoms with Crippen molar-refractivity contribution in [3.8, 4) is 124 Å². The third kappa shape index (κ3) is 15.2. The van der Waals surface area contributed by atoms with Gasteiger partial charge in [-0.3, -0.25) is 0 Å². The number of pyridine rings is 2. The summed E-state index contributed by atoms with van der Waals surface area (Å²) in [5, 5.41) is 6.40. The molecule has 14 aromatic carbocycles. The maximum Gasteiger partial charge on any atom is 0.494 e. The number of halogens is 1. The molecule has 0 radical (unpaired) electrons. The summed E-state index contributed by atoms with van der Waals surface area (Å²) in [4.78, 5) is 59.4. The molecule has 16 heteroatoms. The van der Waals surface area contributed by atoms with Crippen LogP contribution in [-0.2, 0) is 9.31 Å². The first-order chi connectivity index (χ1) is 57.9. The highest BCUT2D eigenvalue weighted by Gasteiger charge is 2.51. The monoisotopic (exact) mass is 1560 g/mol. The fourth-order valence-corrected chi connectivity index (χ4v) is 15.2. The molecule has 1 aliphatic rings. The Kier molecular flexibility index (Phi) is 20.7. The second-order valence-electron chi connectivity index (χ2n) is 29.8. The Labute approximate surface area is 694 Å². The molecule has 1 aliphatic heterocycles. The van der Waals surface area contributed by atoms with Crippen molar-refractivity contribution >= 4 is 89.6 Å². The second-order valence-corrected chi connectivity index (χ2v) is 30.1. The fourth-order valence-electron chi connectivity index (χ4n) is 15.0. The molecule has 570 valence electrons. The Morgan fingerprint density at radius 3 is 0.790 bits per heavy atom. The molecule has 0 atom stereocenters. The lowest BCUT2D eigenvalue weighted by atomic mass is 9.78. The van der Waals surface area contributed by atoms with Crippen LogP contribution in [0.4, 0.5) is 0 Å². The van der Waals surface area contributed by atoms with Crippen molar-refractivity contribution < 1.29 is 9.31 Å². The van der Waals surface area contributed by atoms with Crippen molar-refractivity contribution in [3.63, 3.8) is 0 Å². The number of hydrogen-bond acceptors (Lipinski definition) is 14. The normalized spacial score (nSPS) is 12.7. The van der Waals surface area contributed by atoms with Crippen LogP contribution in [0.5, 0.6) is 0 Å². The lowest BCUT2D eigenvalue weighted by Crippen LogP contribution is -2.41. The Balaban J connectivity index is 0.000000135. The summed E-state index contributed by atoms with van der Waals surface area (Å²) in [6.45, 7) is 8.30. The molecule has 0 unspecified atom stereocenters. The second kappa shape index (κ2) is 32.6. The lowest BCUT2D eigenvalue weighted by molar-refractivity contribution is 0.00578. The zero-order valence-corrected chi connectivity index (χ0v) is 65.5. The van der Waals surface area contributed by atoms with Gasteiger partial charge in [0.05, 0.1) is 78.5 Å². The van der Waals surface area contributed by atoms with Crippen LogP contribution in [0.25, 0.3) is 190 Å². The summed E-state index contributed by atoms with van der Waals surface area (Å²) in [6.07, 6.45) is 0. The van der Waals surface area contributed by atoms with Crippen molar-refractivity contribution in [1.29, 1.82) is 0 Å².